The summed E-state index contributed by atoms with van der Waals surface area (Å²) in [5.74, 6) is 0.352. The maximum atomic E-state index is 13.2. The molecule has 0 saturated heterocycles. The summed E-state index contributed by atoms with van der Waals surface area (Å²) in [6, 6.07) is 19.5. The average Bonchev–Trinajstić information content (AvgIpc) is 2.76. The van der Waals surface area contributed by atoms with Gasteiger partial charge in [0.2, 0.25) is 5.88 Å². The van der Waals surface area contributed by atoms with Gasteiger partial charge in [0.15, 0.2) is 0 Å². The van der Waals surface area contributed by atoms with Crippen LogP contribution in [0.15, 0.2) is 76.5 Å². The number of hydrogen-bond acceptors (Lipinski definition) is 4. The number of aliphatic imine (C=N–C) groups is 1. The van der Waals surface area contributed by atoms with Gasteiger partial charge in [0.25, 0.3) is 5.56 Å². The average molecular weight is 419 g/mol. The van der Waals surface area contributed by atoms with E-state index in [0.29, 0.717) is 32.8 Å². The van der Waals surface area contributed by atoms with Crippen LogP contribution in [0.5, 0.6) is 11.6 Å². The van der Waals surface area contributed by atoms with Crippen LogP contribution in [0.3, 0.4) is 0 Å². The topological polar surface area (TPSA) is 63.8 Å². The second-order valence-electron chi connectivity index (χ2n) is 6.86. The van der Waals surface area contributed by atoms with E-state index in [1.54, 1.807) is 55.8 Å². The molecule has 0 fully saturated rings. The van der Waals surface area contributed by atoms with Crippen molar-refractivity contribution in [3.8, 4) is 17.3 Å². The van der Waals surface area contributed by atoms with Gasteiger partial charge in [-0.25, -0.2) is 4.57 Å². The molecule has 4 rings (SSSR count). The highest BCUT2D eigenvalue weighted by Gasteiger charge is 2.17. The lowest BCUT2D eigenvalue weighted by molar-refractivity contribution is 0.415. The molecule has 1 heterocycles. The first-order valence-electron chi connectivity index (χ1n) is 9.30. The van der Waals surface area contributed by atoms with Gasteiger partial charge in [-0.1, -0.05) is 29.3 Å². The third-order valence-electron chi connectivity index (χ3n) is 4.86. The molecular weight excluding hydrogens is 400 g/mol. The lowest BCUT2D eigenvalue weighted by atomic mass is 10.1. The van der Waals surface area contributed by atoms with Crippen molar-refractivity contribution in [2.75, 3.05) is 7.11 Å². The van der Waals surface area contributed by atoms with Crippen molar-refractivity contribution in [2.24, 2.45) is 4.99 Å². The maximum absolute atomic E-state index is 13.2. The van der Waals surface area contributed by atoms with Gasteiger partial charge in [0, 0.05) is 16.6 Å². The SMILES string of the molecule is COc1ccc2c(C=Nc3ccc(C)cc3)c(O)n(-c3ccc(Cl)cc3)c(=O)c2c1. The molecule has 1 N–H and O–H groups in total. The van der Waals surface area contributed by atoms with Gasteiger partial charge in [-0.15, -0.1) is 0 Å². The second-order valence-corrected chi connectivity index (χ2v) is 7.30. The Labute approximate surface area is 178 Å². The largest absolute Gasteiger partial charge is 0.497 e. The molecule has 0 aliphatic rings. The van der Waals surface area contributed by atoms with Crippen molar-refractivity contribution in [3.63, 3.8) is 0 Å². The van der Waals surface area contributed by atoms with Gasteiger partial charge < -0.3 is 9.84 Å². The monoisotopic (exact) mass is 418 g/mol. The summed E-state index contributed by atoms with van der Waals surface area (Å²) in [7, 11) is 1.54. The van der Waals surface area contributed by atoms with E-state index in [0.717, 1.165) is 11.3 Å². The zero-order valence-electron chi connectivity index (χ0n) is 16.5. The van der Waals surface area contributed by atoms with E-state index in [4.69, 9.17) is 16.3 Å². The van der Waals surface area contributed by atoms with E-state index in [2.05, 4.69) is 4.99 Å². The molecule has 6 heteroatoms. The molecule has 0 spiro atoms. The first-order chi connectivity index (χ1) is 14.5. The van der Waals surface area contributed by atoms with E-state index >= 15 is 0 Å². The number of aryl methyl sites for hydroxylation is 1. The molecule has 5 nitrogen and oxygen atoms in total. The number of aromatic hydroxyl groups is 1. The minimum absolute atomic E-state index is 0.198. The van der Waals surface area contributed by atoms with E-state index in [1.807, 2.05) is 31.2 Å². The molecule has 0 amide bonds. The van der Waals surface area contributed by atoms with Crippen LogP contribution in [0, 0.1) is 6.92 Å². The Bertz CT molecular complexity index is 1310. The Morgan fingerprint density at radius 1 is 1.00 bits per heavy atom. The predicted octanol–water partition coefficient (Wildman–Crippen LogP) is 5.42. The van der Waals surface area contributed by atoms with Crippen molar-refractivity contribution in [1.82, 2.24) is 4.57 Å². The van der Waals surface area contributed by atoms with Crippen LogP contribution in [0.4, 0.5) is 5.69 Å². The Hall–Kier alpha value is -3.57. The molecule has 30 heavy (non-hydrogen) atoms. The van der Waals surface area contributed by atoms with Gasteiger partial charge in [0.1, 0.15) is 5.75 Å². The quantitative estimate of drug-likeness (QED) is 0.450. The highest BCUT2D eigenvalue weighted by molar-refractivity contribution is 6.30. The molecule has 0 saturated carbocycles. The Kier molecular flexibility index (Phi) is 5.29. The Balaban J connectivity index is 1.98. The van der Waals surface area contributed by atoms with Gasteiger partial charge in [-0.2, -0.15) is 0 Å². The number of methoxy groups -OCH3 is 1. The predicted molar refractivity (Wildman–Crippen MR) is 121 cm³/mol. The zero-order chi connectivity index (χ0) is 21.3. The van der Waals surface area contributed by atoms with Crippen LogP contribution >= 0.6 is 11.6 Å². The van der Waals surface area contributed by atoms with Crippen molar-refractivity contribution in [1.29, 1.82) is 0 Å². The molecule has 4 aromatic rings. The van der Waals surface area contributed by atoms with Gasteiger partial charge >= 0.3 is 0 Å². The van der Waals surface area contributed by atoms with Crippen molar-refractivity contribution < 1.29 is 9.84 Å². The summed E-state index contributed by atoms with van der Waals surface area (Å²) in [4.78, 5) is 17.7. The number of halogens is 1. The van der Waals surface area contributed by atoms with Gasteiger partial charge in [0.05, 0.1) is 29.4 Å². The second kappa shape index (κ2) is 8.05. The summed E-state index contributed by atoms with van der Waals surface area (Å²) in [5, 5.41) is 12.6. The molecular formula is C24H19ClN2O3. The Morgan fingerprint density at radius 3 is 2.37 bits per heavy atom. The number of nitrogens with zero attached hydrogens (tertiary/aromatic N) is 2. The number of ether oxygens (including phenoxy) is 1. The lowest BCUT2D eigenvalue weighted by Gasteiger charge is -2.14. The highest BCUT2D eigenvalue weighted by atomic mass is 35.5. The van der Waals surface area contributed by atoms with Crippen molar-refractivity contribution in [2.45, 2.75) is 6.92 Å². The maximum Gasteiger partial charge on any atom is 0.265 e. The summed E-state index contributed by atoms with van der Waals surface area (Å²) < 4.78 is 6.53. The molecule has 0 radical (unpaired) electrons. The molecule has 0 aliphatic carbocycles. The van der Waals surface area contributed by atoms with E-state index in [1.165, 1.54) is 4.57 Å². The summed E-state index contributed by atoms with van der Waals surface area (Å²) in [5.41, 5.74) is 2.44. The minimum atomic E-state index is -0.365. The van der Waals surface area contributed by atoms with Crippen molar-refractivity contribution >= 4 is 34.3 Å². The zero-order valence-corrected chi connectivity index (χ0v) is 17.2. The van der Waals surface area contributed by atoms with E-state index in [9.17, 15) is 9.90 Å². The number of benzene rings is 3. The molecule has 0 unspecified atom stereocenters. The fourth-order valence-electron chi connectivity index (χ4n) is 3.25. The van der Waals surface area contributed by atoms with Crippen LogP contribution < -0.4 is 10.3 Å². The number of aromatic nitrogens is 1. The minimum Gasteiger partial charge on any atom is -0.497 e. The Morgan fingerprint density at radius 2 is 1.70 bits per heavy atom. The van der Waals surface area contributed by atoms with Crippen LogP contribution in [-0.4, -0.2) is 23.0 Å². The van der Waals surface area contributed by atoms with Gasteiger partial charge in [-0.3, -0.25) is 9.79 Å². The molecule has 3 aromatic carbocycles. The van der Waals surface area contributed by atoms with Crippen molar-refractivity contribution in [3.05, 3.63) is 93.2 Å². The highest BCUT2D eigenvalue weighted by Crippen LogP contribution is 2.29. The molecule has 0 atom stereocenters. The number of rotatable bonds is 4. The summed E-state index contributed by atoms with van der Waals surface area (Å²) >= 11 is 5.99. The van der Waals surface area contributed by atoms with Gasteiger partial charge in [-0.05, 0) is 61.5 Å². The molecule has 1 aromatic heterocycles. The first-order valence-corrected chi connectivity index (χ1v) is 9.68. The van der Waals surface area contributed by atoms with Crippen LogP contribution in [0.1, 0.15) is 11.1 Å². The molecule has 0 aliphatic heterocycles. The van der Waals surface area contributed by atoms with Crippen LogP contribution in [-0.2, 0) is 0 Å². The summed E-state index contributed by atoms with van der Waals surface area (Å²) in [6.45, 7) is 2.00. The number of hydrogen-bond donors (Lipinski definition) is 1. The van der Waals surface area contributed by atoms with Crippen LogP contribution in [0.25, 0.3) is 16.5 Å². The van der Waals surface area contributed by atoms with E-state index < -0.39 is 0 Å². The third-order valence-corrected chi connectivity index (χ3v) is 5.12. The standard InChI is InChI=1S/C24H19ClN2O3/c1-15-3-7-17(8-4-15)26-14-22-20-12-11-19(30-2)13-21(20)23(28)27(24(22)29)18-9-5-16(25)6-10-18/h3-14,29H,1-2H3. The molecule has 150 valence electrons. The smallest absolute Gasteiger partial charge is 0.265 e. The number of fused-ring (bicyclic) bond motifs is 1. The lowest BCUT2D eigenvalue weighted by Crippen LogP contribution is -2.20. The summed E-state index contributed by atoms with van der Waals surface area (Å²) in [6.07, 6.45) is 1.57. The first kappa shape index (κ1) is 19.7. The fraction of sp³-hybridized carbons (Fsp3) is 0.0833. The number of pyridine rings is 1. The normalized spacial score (nSPS) is 11.3. The third kappa shape index (κ3) is 3.67. The van der Waals surface area contributed by atoms with E-state index in [-0.39, 0.29) is 11.4 Å². The van der Waals surface area contributed by atoms with Crippen LogP contribution in [0.2, 0.25) is 5.02 Å². The molecule has 0 bridgehead atoms. The fourth-order valence-corrected chi connectivity index (χ4v) is 3.37.